The Hall–Kier alpha value is -1.55. The number of benzene rings is 1. The second kappa shape index (κ2) is 5.23. The van der Waals surface area contributed by atoms with Gasteiger partial charge in [-0.3, -0.25) is 0 Å². The van der Waals surface area contributed by atoms with Crippen molar-refractivity contribution in [3.8, 4) is 0 Å². The zero-order valence-corrected chi connectivity index (χ0v) is 14.4. The minimum absolute atomic E-state index is 0.0800. The highest BCUT2D eigenvalue weighted by molar-refractivity contribution is 5.93. The maximum Gasteiger partial charge on any atom is 0.322 e. The van der Waals surface area contributed by atoms with Gasteiger partial charge in [-0.05, 0) is 60.4 Å². The molecular weight excluding hydrogens is 286 g/mol. The molecule has 0 aromatic heterocycles. The van der Waals surface area contributed by atoms with E-state index in [-0.39, 0.29) is 11.4 Å². The summed E-state index contributed by atoms with van der Waals surface area (Å²) in [6.45, 7) is 8.58. The third kappa shape index (κ3) is 2.74. The van der Waals surface area contributed by atoms with Crippen LogP contribution in [0.15, 0.2) is 12.1 Å². The maximum absolute atomic E-state index is 12.4. The summed E-state index contributed by atoms with van der Waals surface area (Å²) in [6, 6.07) is 5.54. The molecule has 2 heterocycles. The van der Waals surface area contributed by atoms with Crippen LogP contribution in [0.5, 0.6) is 0 Å². The molecule has 0 unspecified atom stereocenters. The summed E-state index contributed by atoms with van der Waals surface area (Å²) in [4.78, 5) is 14.5. The van der Waals surface area contributed by atoms with Gasteiger partial charge in [-0.25, -0.2) is 4.79 Å². The number of amides is 2. The monoisotopic (exact) mass is 313 g/mol. The van der Waals surface area contributed by atoms with Crippen LogP contribution in [0.4, 0.5) is 10.5 Å². The first-order valence-corrected chi connectivity index (χ1v) is 8.92. The maximum atomic E-state index is 12.4. The standard InChI is InChI=1S/C19H27N3O/c1-19(2,3)12-9-14(16-5-4-8-20-16)15-11-22(13-6-7-13)18(23)21-17(15)10-12/h9-10,13,16,20H,4-8,11H2,1-3H3,(H,21,23)/t16-/m0/s1. The molecule has 23 heavy (non-hydrogen) atoms. The van der Waals surface area contributed by atoms with Gasteiger partial charge in [-0.1, -0.05) is 26.8 Å². The minimum atomic E-state index is 0.0800. The number of hydrogen-bond donors (Lipinski definition) is 2. The van der Waals surface area contributed by atoms with Gasteiger partial charge in [0.05, 0.1) is 6.54 Å². The topological polar surface area (TPSA) is 44.4 Å². The van der Waals surface area contributed by atoms with Crippen molar-refractivity contribution in [3.63, 3.8) is 0 Å². The molecule has 2 aliphatic heterocycles. The number of nitrogens with zero attached hydrogens (tertiary/aromatic N) is 1. The predicted octanol–water partition coefficient (Wildman–Crippen LogP) is 3.92. The van der Waals surface area contributed by atoms with Crippen molar-refractivity contribution >= 4 is 11.7 Å². The van der Waals surface area contributed by atoms with E-state index in [0.29, 0.717) is 12.1 Å². The number of rotatable bonds is 2. The van der Waals surface area contributed by atoms with Gasteiger partial charge in [0, 0.05) is 17.8 Å². The number of urea groups is 1. The molecule has 4 heteroatoms. The van der Waals surface area contributed by atoms with Crippen LogP contribution < -0.4 is 10.6 Å². The predicted molar refractivity (Wildman–Crippen MR) is 92.7 cm³/mol. The summed E-state index contributed by atoms with van der Waals surface area (Å²) >= 11 is 0. The quantitative estimate of drug-likeness (QED) is 0.869. The van der Waals surface area contributed by atoms with E-state index in [2.05, 4.69) is 43.5 Å². The molecule has 1 aromatic rings. The third-order valence-electron chi connectivity index (χ3n) is 5.40. The van der Waals surface area contributed by atoms with Gasteiger partial charge < -0.3 is 15.5 Å². The van der Waals surface area contributed by atoms with Crippen molar-refractivity contribution in [2.45, 2.75) is 70.5 Å². The van der Waals surface area contributed by atoms with Crippen LogP contribution in [0.3, 0.4) is 0 Å². The average molecular weight is 313 g/mol. The first kappa shape index (κ1) is 15.0. The smallest absolute Gasteiger partial charge is 0.317 e. The first-order chi connectivity index (χ1) is 10.9. The van der Waals surface area contributed by atoms with Crippen LogP contribution in [0.25, 0.3) is 0 Å². The van der Waals surface area contributed by atoms with Crippen molar-refractivity contribution < 1.29 is 4.79 Å². The molecule has 124 valence electrons. The van der Waals surface area contributed by atoms with Crippen molar-refractivity contribution in [2.75, 3.05) is 11.9 Å². The lowest BCUT2D eigenvalue weighted by molar-refractivity contribution is 0.203. The fourth-order valence-electron chi connectivity index (χ4n) is 3.79. The summed E-state index contributed by atoms with van der Waals surface area (Å²) in [5, 5.41) is 6.81. The Morgan fingerprint density at radius 3 is 2.57 bits per heavy atom. The lowest BCUT2D eigenvalue weighted by atomic mass is 9.82. The van der Waals surface area contributed by atoms with E-state index in [9.17, 15) is 4.79 Å². The summed E-state index contributed by atoms with van der Waals surface area (Å²) in [5.41, 5.74) is 5.14. The number of hydrogen-bond acceptors (Lipinski definition) is 2. The summed E-state index contributed by atoms with van der Waals surface area (Å²) in [6.07, 6.45) is 4.73. The molecule has 2 amide bonds. The molecule has 1 aliphatic carbocycles. The van der Waals surface area contributed by atoms with Crippen LogP contribution >= 0.6 is 0 Å². The Morgan fingerprint density at radius 2 is 1.96 bits per heavy atom. The van der Waals surface area contributed by atoms with E-state index in [0.717, 1.165) is 31.6 Å². The Labute approximate surface area is 138 Å². The molecule has 1 atom stereocenters. The lowest BCUT2D eigenvalue weighted by Gasteiger charge is -2.34. The molecule has 0 bridgehead atoms. The van der Waals surface area contributed by atoms with Crippen molar-refractivity contribution in [3.05, 3.63) is 28.8 Å². The molecule has 1 aromatic carbocycles. The number of nitrogens with one attached hydrogen (secondary N) is 2. The molecule has 4 rings (SSSR count). The zero-order chi connectivity index (χ0) is 16.2. The zero-order valence-electron chi connectivity index (χ0n) is 14.4. The summed E-state index contributed by atoms with van der Waals surface area (Å²) < 4.78 is 0. The van der Waals surface area contributed by atoms with Crippen molar-refractivity contribution in [1.82, 2.24) is 10.2 Å². The van der Waals surface area contributed by atoms with Gasteiger partial charge in [-0.15, -0.1) is 0 Å². The van der Waals surface area contributed by atoms with Crippen LogP contribution in [0.2, 0.25) is 0 Å². The van der Waals surface area contributed by atoms with Gasteiger partial charge in [0.15, 0.2) is 0 Å². The van der Waals surface area contributed by atoms with Gasteiger partial charge in [-0.2, -0.15) is 0 Å². The molecule has 2 N–H and O–H groups in total. The van der Waals surface area contributed by atoms with E-state index >= 15 is 0 Å². The van der Waals surface area contributed by atoms with E-state index in [1.54, 1.807) is 0 Å². The highest BCUT2D eigenvalue weighted by atomic mass is 16.2. The molecule has 0 radical (unpaired) electrons. The molecule has 0 spiro atoms. The fourth-order valence-corrected chi connectivity index (χ4v) is 3.79. The second-order valence-corrected chi connectivity index (χ2v) is 8.28. The summed E-state index contributed by atoms with van der Waals surface area (Å²) in [5.74, 6) is 0. The Morgan fingerprint density at radius 1 is 1.17 bits per heavy atom. The largest absolute Gasteiger partial charge is 0.322 e. The fraction of sp³-hybridized carbons (Fsp3) is 0.632. The van der Waals surface area contributed by atoms with Crippen LogP contribution in [-0.4, -0.2) is 23.5 Å². The van der Waals surface area contributed by atoms with Gasteiger partial charge in [0.2, 0.25) is 0 Å². The minimum Gasteiger partial charge on any atom is -0.317 e. The van der Waals surface area contributed by atoms with Gasteiger partial charge >= 0.3 is 6.03 Å². The first-order valence-electron chi connectivity index (χ1n) is 8.92. The second-order valence-electron chi connectivity index (χ2n) is 8.28. The third-order valence-corrected chi connectivity index (χ3v) is 5.40. The van der Waals surface area contributed by atoms with E-state index < -0.39 is 0 Å². The molecule has 2 fully saturated rings. The number of fused-ring (bicyclic) bond motifs is 1. The highest BCUT2D eigenvalue weighted by Crippen LogP contribution is 2.40. The molecular formula is C19H27N3O. The van der Waals surface area contributed by atoms with E-state index in [1.807, 2.05) is 4.90 Å². The van der Waals surface area contributed by atoms with Crippen LogP contribution in [0.1, 0.15) is 69.2 Å². The van der Waals surface area contributed by atoms with Gasteiger partial charge in [0.1, 0.15) is 0 Å². The number of carbonyl (C=O) groups excluding carboxylic acids is 1. The van der Waals surface area contributed by atoms with E-state index in [1.165, 1.54) is 29.5 Å². The lowest BCUT2D eigenvalue weighted by Crippen LogP contribution is -2.41. The molecule has 1 saturated heterocycles. The number of anilines is 1. The van der Waals surface area contributed by atoms with Crippen LogP contribution in [-0.2, 0) is 12.0 Å². The molecule has 4 nitrogen and oxygen atoms in total. The van der Waals surface area contributed by atoms with Crippen molar-refractivity contribution in [1.29, 1.82) is 0 Å². The Bertz CT molecular complexity index is 637. The van der Waals surface area contributed by atoms with Gasteiger partial charge in [0.25, 0.3) is 0 Å². The van der Waals surface area contributed by atoms with Crippen molar-refractivity contribution in [2.24, 2.45) is 0 Å². The SMILES string of the molecule is CC(C)(C)c1cc2c(c([C@@H]3CCCN3)c1)CN(C1CC1)C(=O)N2. The van der Waals surface area contributed by atoms with Crippen LogP contribution in [0, 0.1) is 0 Å². The highest BCUT2D eigenvalue weighted by Gasteiger charge is 2.37. The molecule has 1 saturated carbocycles. The Balaban J connectivity index is 1.79. The summed E-state index contributed by atoms with van der Waals surface area (Å²) in [7, 11) is 0. The molecule has 3 aliphatic rings. The van der Waals surface area contributed by atoms with E-state index in [4.69, 9.17) is 0 Å². The normalized spacial score (nSPS) is 24.6. The average Bonchev–Trinajstić information content (AvgIpc) is 3.18. The number of carbonyl (C=O) groups is 1. The Kier molecular flexibility index (Phi) is 3.41.